The third-order valence-corrected chi connectivity index (χ3v) is 8.32. The largest absolute Gasteiger partial charge is 0.339 e. The van der Waals surface area contributed by atoms with Crippen LogP contribution in [0.5, 0.6) is 0 Å². The first-order valence-corrected chi connectivity index (χ1v) is 14.1. The van der Waals surface area contributed by atoms with E-state index < -0.39 is 0 Å². The van der Waals surface area contributed by atoms with Gasteiger partial charge in [-0.2, -0.15) is 0 Å². The number of rotatable bonds is 4. The Morgan fingerprint density at radius 3 is 1.12 bits per heavy atom. The fourth-order valence-corrected chi connectivity index (χ4v) is 6.53. The van der Waals surface area contributed by atoms with Crippen LogP contribution in [0.1, 0.15) is 11.1 Å². The van der Waals surface area contributed by atoms with Gasteiger partial charge < -0.3 is 10.6 Å². The predicted molar refractivity (Wildman–Crippen MR) is 171 cm³/mol. The highest BCUT2D eigenvalue weighted by molar-refractivity contribution is 8.18. The van der Waals surface area contributed by atoms with Gasteiger partial charge in [0.25, 0.3) is 0 Å². The van der Waals surface area contributed by atoms with Crippen LogP contribution in [0.4, 0.5) is 0 Å². The van der Waals surface area contributed by atoms with Gasteiger partial charge in [0.2, 0.25) is 0 Å². The molecule has 2 aliphatic rings. The van der Waals surface area contributed by atoms with Crippen LogP contribution in [-0.4, -0.2) is 16.8 Å². The normalized spacial score (nSPS) is 16.0. The van der Waals surface area contributed by atoms with Gasteiger partial charge in [-0.15, -0.1) is 0 Å². The topological polar surface area (TPSA) is 95.6 Å². The van der Waals surface area contributed by atoms with Crippen LogP contribution in [0.25, 0.3) is 50.2 Å². The van der Waals surface area contributed by atoms with Crippen LogP contribution in [-0.2, 0) is 0 Å². The van der Waals surface area contributed by atoms with Crippen LogP contribution in [0, 0.1) is 16.2 Å². The van der Waals surface area contributed by atoms with Crippen molar-refractivity contribution in [3.63, 3.8) is 0 Å². The van der Waals surface area contributed by atoms with E-state index >= 15 is 0 Å². The number of fused-ring (bicyclic) bond motifs is 1. The van der Waals surface area contributed by atoms with Gasteiger partial charge in [-0.25, -0.2) is 0 Å². The van der Waals surface area contributed by atoms with Gasteiger partial charge in [0.05, 0.1) is 10.6 Å². The van der Waals surface area contributed by atoms with Gasteiger partial charge in [-0.05, 0) is 45.1 Å². The number of nitrogens with one attached hydrogen (secondary N) is 5. The highest BCUT2D eigenvalue weighted by Gasteiger charge is 2.37. The lowest BCUT2D eigenvalue weighted by Gasteiger charge is -2.25. The van der Waals surface area contributed by atoms with E-state index in [2.05, 4.69) is 83.4 Å². The summed E-state index contributed by atoms with van der Waals surface area (Å²) in [4.78, 5) is 0.612. The van der Waals surface area contributed by atoms with E-state index in [0.717, 1.165) is 55.6 Å². The summed E-state index contributed by atoms with van der Waals surface area (Å²) >= 11 is 1.21. The second-order valence-electron chi connectivity index (χ2n) is 9.85. The minimum Gasteiger partial charge on any atom is -0.339 e. The maximum absolute atomic E-state index is 9.33. The van der Waals surface area contributed by atoms with E-state index in [-0.39, 0.29) is 16.8 Å². The van der Waals surface area contributed by atoms with E-state index in [1.165, 1.54) is 11.8 Å². The monoisotopic (exact) mass is 547 g/mol. The Balaban J connectivity index is 1.76. The molecule has 5 aromatic rings. The SMILES string of the molecule is N=C1NC(=N)C(=C2NC(=N)c3c2c(-c2ccccc2)c(-c2ccccc2)c(-c2ccccc2)c3-c2ccccc2)S1. The molecule has 0 aliphatic carbocycles. The molecule has 41 heavy (non-hydrogen) atoms. The zero-order valence-corrected chi connectivity index (χ0v) is 22.8. The molecule has 5 aromatic carbocycles. The molecule has 0 spiro atoms. The lowest BCUT2D eigenvalue weighted by molar-refractivity contribution is 1.28. The smallest absolute Gasteiger partial charge is 0.164 e. The third kappa shape index (κ3) is 4.17. The molecule has 0 amide bonds. The number of hydrogen-bond acceptors (Lipinski definition) is 4. The molecule has 5 nitrogen and oxygen atoms in total. The lowest BCUT2D eigenvalue weighted by Crippen LogP contribution is -2.20. The summed E-state index contributed by atoms with van der Waals surface area (Å²) in [6.07, 6.45) is 0. The summed E-state index contributed by atoms with van der Waals surface area (Å²) in [7, 11) is 0. The molecule has 1 fully saturated rings. The van der Waals surface area contributed by atoms with Crippen molar-refractivity contribution >= 4 is 34.3 Å². The fourth-order valence-electron chi connectivity index (χ4n) is 5.77. The Bertz CT molecular complexity index is 1880. The predicted octanol–water partition coefficient (Wildman–Crippen LogP) is 8.20. The van der Waals surface area contributed by atoms with Gasteiger partial charge in [-0.1, -0.05) is 121 Å². The third-order valence-electron chi connectivity index (χ3n) is 7.40. The Morgan fingerprint density at radius 2 is 0.756 bits per heavy atom. The summed E-state index contributed by atoms with van der Waals surface area (Å²) in [5.41, 5.74) is 10.6. The zero-order chi connectivity index (χ0) is 27.9. The summed E-state index contributed by atoms with van der Waals surface area (Å²) in [5.74, 6) is 0.443. The molecule has 0 aromatic heterocycles. The average molecular weight is 548 g/mol. The first kappa shape index (κ1) is 24.8. The lowest BCUT2D eigenvalue weighted by atomic mass is 9.77. The molecule has 0 unspecified atom stereocenters. The van der Waals surface area contributed by atoms with Crippen LogP contribution < -0.4 is 10.6 Å². The second-order valence-corrected chi connectivity index (χ2v) is 10.9. The van der Waals surface area contributed by atoms with Crippen molar-refractivity contribution in [1.82, 2.24) is 10.6 Å². The van der Waals surface area contributed by atoms with Gasteiger partial charge in [0.1, 0.15) is 11.7 Å². The number of hydrogen-bond donors (Lipinski definition) is 5. The van der Waals surface area contributed by atoms with Gasteiger partial charge >= 0.3 is 0 Å². The molecule has 2 heterocycles. The van der Waals surface area contributed by atoms with Crippen molar-refractivity contribution in [3.8, 4) is 44.5 Å². The van der Waals surface area contributed by atoms with E-state index in [1.807, 2.05) is 48.5 Å². The summed E-state index contributed by atoms with van der Waals surface area (Å²) in [5, 5.41) is 32.6. The van der Waals surface area contributed by atoms with Crippen molar-refractivity contribution in [2.45, 2.75) is 0 Å². The molecule has 2 aliphatic heterocycles. The second kappa shape index (κ2) is 10.1. The first-order chi connectivity index (χ1) is 20.1. The molecule has 7 rings (SSSR count). The standard InChI is InChI=1S/C35H25N5S/c36-33-30-28(24-19-11-4-12-20-24)26(22-15-7-2-8-16-22)25(21-13-5-1-6-14-21)27(23-17-9-3-10-18-23)29(30)31(39-33)32-34(37)40-35(38)41-32/h1-20H,(H2,36,39)(H3,37,38,40). The molecule has 0 bridgehead atoms. The Kier molecular flexibility index (Phi) is 6.10. The van der Waals surface area contributed by atoms with Gasteiger partial charge in [0.15, 0.2) is 5.17 Å². The Morgan fingerprint density at radius 1 is 0.390 bits per heavy atom. The van der Waals surface area contributed by atoms with Crippen LogP contribution in [0.15, 0.2) is 126 Å². The highest BCUT2D eigenvalue weighted by atomic mass is 32.2. The van der Waals surface area contributed by atoms with Crippen molar-refractivity contribution in [3.05, 3.63) is 137 Å². The van der Waals surface area contributed by atoms with Gasteiger partial charge in [0, 0.05) is 22.3 Å². The van der Waals surface area contributed by atoms with Crippen LogP contribution >= 0.6 is 11.8 Å². The molecule has 0 atom stereocenters. The van der Waals surface area contributed by atoms with Crippen molar-refractivity contribution in [1.29, 1.82) is 16.2 Å². The van der Waals surface area contributed by atoms with E-state index in [0.29, 0.717) is 10.6 Å². The molecule has 5 N–H and O–H groups in total. The maximum Gasteiger partial charge on any atom is 0.164 e. The van der Waals surface area contributed by atoms with Gasteiger partial charge in [-0.3, -0.25) is 16.2 Å². The Labute approximate surface area is 242 Å². The van der Waals surface area contributed by atoms with Crippen molar-refractivity contribution in [2.75, 3.05) is 0 Å². The highest BCUT2D eigenvalue weighted by Crippen LogP contribution is 2.53. The molecule has 0 saturated carbocycles. The molecular formula is C35H25N5S. The maximum atomic E-state index is 9.33. The van der Waals surface area contributed by atoms with E-state index in [4.69, 9.17) is 10.8 Å². The number of benzene rings is 5. The number of amidine groups is 3. The molecule has 1 saturated heterocycles. The molecule has 0 radical (unpaired) electrons. The quantitative estimate of drug-likeness (QED) is 0.157. The first-order valence-electron chi connectivity index (χ1n) is 13.3. The molecule has 6 heteroatoms. The minimum absolute atomic E-state index is 0.164. The summed E-state index contributed by atoms with van der Waals surface area (Å²) < 4.78 is 0. The summed E-state index contributed by atoms with van der Waals surface area (Å²) in [6.45, 7) is 0. The van der Waals surface area contributed by atoms with Crippen LogP contribution in [0.3, 0.4) is 0 Å². The number of thioether (sulfide) groups is 1. The van der Waals surface area contributed by atoms with E-state index in [9.17, 15) is 5.41 Å². The zero-order valence-electron chi connectivity index (χ0n) is 22.0. The van der Waals surface area contributed by atoms with Crippen LogP contribution in [0.2, 0.25) is 0 Å². The van der Waals surface area contributed by atoms with Crippen molar-refractivity contribution in [2.24, 2.45) is 0 Å². The average Bonchev–Trinajstić information content (AvgIpc) is 3.54. The van der Waals surface area contributed by atoms with Crippen molar-refractivity contribution < 1.29 is 0 Å². The fraction of sp³-hybridized carbons (Fsp3) is 0. The summed E-state index contributed by atoms with van der Waals surface area (Å²) in [6, 6.07) is 41.4. The molecular weight excluding hydrogens is 522 g/mol. The van der Waals surface area contributed by atoms with E-state index in [1.54, 1.807) is 0 Å². The Hall–Kier alpha value is -5.20. The minimum atomic E-state index is 0.164. The molecule has 196 valence electrons.